The topological polar surface area (TPSA) is 79.3 Å². The fourth-order valence-electron chi connectivity index (χ4n) is 3.38. The summed E-state index contributed by atoms with van der Waals surface area (Å²) >= 11 is 0. The van der Waals surface area contributed by atoms with E-state index < -0.39 is 0 Å². The van der Waals surface area contributed by atoms with E-state index in [0.717, 1.165) is 19.6 Å². The highest BCUT2D eigenvalue weighted by molar-refractivity contribution is 5.92. The number of aromatic nitrogens is 2. The van der Waals surface area contributed by atoms with Crippen LogP contribution in [0.5, 0.6) is 0 Å². The number of hydrogen-bond donors (Lipinski definition) is 2. The Bertz CT molecular complexity index is 548. The lowest BCUT2D eigenvalue weighted by Crippen LogP contribution is -2.57. The highest BCUT2D eigenvalue weighted by atomic mass is 16.2. The molecule has 3 aliphatic heterocycles. The Morgan fingerprint density at radius 2 is 2.14 bits per heavy atom. The fourth-order valence-corrected chi connectivity index (χ4v) is 3.38. The molecule has 2 N–H and O–H groups in total. The van der Waals surface area contributed by atoms with Gasteiger partial charge in [-0.2, -0.15) is 5.10 Å². The van der Waals surface area contributed by atoms with Gasteiger partial charge in [-0.25, -0.2) is 0 Å². The molecule has 1 atom stereocenters. The first-order valence-corrected chi connectivity index (χ1v) is 7.91. The van der Waals surface area contributed by atoms with Crippen LogP contribution >= 0.6 is 0 Å². The van der Waals surface area contributed by atoms with Gasteiger partial charge in [0.1, 0.15) is 5.69 Å². The van der Waals surface area contributed by atoms with Gasteiger partial charge in [0.25, 0.3) is 5.91 Å². The van der Waals surface area contributed by atoms with Crippen molar-refractivity contribution in [2.75, 3.05) is 26.2 Å². The number of amides is 2. The summed E-state index contributed by atoms with van der Waals surface area (Å²) in [5, 5.41) is 9.83. The maximum Gasteiger partial charge on any atom is 0.269 e. The average Bonchev–Trinajstić information content (AvgIpc) is 2.94. The average molecular weight is 305 g/mol. The number of rotatable bonds is 5. The predicted octanol–water partition coefficient (Wildman–Crippen LogP) is -0.250. The van der Waals surface area contributed by atoms with Crippen LogP contribution in [0.1, 0.15) is 29.8 Å². The SMILES string of the molecule is Cn1nccc1C(=O)NCCC(=O)NC1CN2CCC1CC2. The van der Waals surface area contributed by atoms with E-state index in [9.17, 15) is 9.59 Å². The van der Waals surface area contributed by atoms with Crippen molar-refractivity contribution in [3.63, 3.8) is 0 Å². The molecule has 2 bridgehead atoms. The molecule has 4 heterocycles. The molecule has 4 rings (SSSR count). The van der Waals surface area contributed by atoms with E-state index in [1.54, 1.807) is 19.3 Å². The van der Waals surface area contributed by atoms with E-state index in [1.165, 1.54) is 17.5 Å². The van der Waals surface area contributed by atoms with E-state index in [2.05, 4.69) is 20.6 Å². The van der Waals surface area contributed by atoms with Crippen molar-refractivity contribution in [2.24, 2.45) is 13.0 Å². The van der Waals surface area contributed by atoms with Gasteiger partial charge in [0, 0.05) is 38.8 Å². The molecule has 1 unspecified atom stereocenters. The van der Waals surface area contributed by atoms with Crippen molar-refractivity contribution in [1.29, 1.82) is 0 Å². The third kappa shape index (κ3) is 3.30. The number of piperidine rings is 3. The Kier molecular flexibility index (Phi) is 4.42. The molecule has 1 aromatic heterocycles. The summed E-state index contributed by atoms with van der Waals surface area (Å²) in [6.45, 7) is 3.64. The molecule has 0 aliphatic carbocycles. The van der Waals surface area contributed by atoms with Crippen LogP contribution in [0.3, 0.4) is 0 Å². The first-order valence-electron chi connectivity index (χ1n) is 7.91. The molecular formula is C15H23N5O2. The second-order valence-electron chi connectivity index (χ2n) is 6.16. The molecule has 1 aromatic rings. The summed E-state index contributed by atoms with van der Waals surface area (Å²) in [6.07, 6.45) is 4.26. The largest absolute Gasteiger partial charge is 0.352 e. The molecule has 0 aromatic carbocycles. The second kappa shape index (κ2) is 6.48. The van der Waals surface area contributed by atoms with E-state index in [0.29, 0.717) is 24.6 Å². The Labute approximate surface area is 130 Å². The molecule has 0 saturated carbocycles. The number of aryl methyl sites for hydroxylation is 1. The first kappa shape index (κ1) is 15.0. The van der Waals surface area contributed by atoms with Gasteiger partial charge in [0.05, 0.1) is 0 Å². The Hall–Kier alpha value is -1.89. The molecule has 3 saturated heterocycles. The summed E-state index contributed by atoms with van der Waals surface area (Å²) in [5.74, 6) is 0.442. The quantitative estimate of drug-likeness (QED) is 0.786. The zero-order valence-electron chi connectivity index (χ0n) is 12.9. The molecule has 7 heteroatoms. The van der Waals surface area contributed by atoms with Crippen molar-refractivity contribution in [3.05, 3.63) is 18.0 Å². The maximum absolute atomic E-state index is 12.0. The predicted molar refractivity (Wildman–Crippen MR) is 81.3 cm³/mol. The lowest BCUT2D eigenvalue weighted by atomic mass is 9.84. The maximum atomic E-state index is 12.0. The Balaban J connectivity index is 1.39. The summed E-state index contributed by atoms with van der Waals surface area (Å²) < 4.78 is 1.52. The van der Waals surface area contributed by atoms with Gasteiger partial charge >= 0.3 is 0 Å². The highest BCUT2D eigenvalue weighted by Gasteiger charge is 2.34. The molecule has 7 nitrogen and oxygen atoms in total. The zero-order chi connectivity index (χ0) is 15.5. The lowest BCUT2D eigenvalue weighted by molar-refractivity contribution is -0.123. The third-order valence-corrected chi connectivity index (χ3v) is 4.69. The van der Waals surface area contributed by atoms with E-state index >= 15 is 0 Å². The van der Waals surface area contributed by atoms with Gasteiger partial charge in [-0.1, -0.05) is 0 Å². The van der Waals surface area contributed by atoms with Crippen LogP contribution in [0.2, 0.25) is 0 Å². The van der Waals surface area contributed by atoms with Gasteiger partial charge in [-0.15, -0.1) is 0 Å². The Morgan fingerprint density at radius 1 is 1.36 bits per heavy atom. The molecule has 0 spiro atoms. The van der Waals surface area contributed by atoms with Crippen LogP contribution in [0.25, 0.3) is 0 Å². The van der Waals surface area contributed by atoms with Gasteiger partial charge < -0.3 is 15.5 Å². The van der Waals surface area contributed by atoms with Crippen LogP contribution in [0, 0.1) is 5.92 Å². The van der Waals surface area contributed by atoms with E-state index in [1.807, 2.05) is 0 Å². The van der Waals surface area contributed by atoms with Crippen LogP contribution in [-0.2, 0) is 11.8 Å². The van der Waals surface area contributed by atoms with Crippen LogP contribution < -0.4 is 10.6 Å². The second-order valence-corrected chi connectivity index (χ2v) is 6.16. The summed E-state index contributed by atoms with van der Waals surface area (Å²) in [7, 11) is 1.72. The summed E-state index contributed by atoms with van der Waals surface area (Å²) in [6, 6.07) is 1.94. The van der Waals surface area contributed by atoms with Gasteiger partial charge in [0.2, 0.25) is 5.91 Å². The van der Waals surface area contributed by atoms with Crippen molar-refractivity contribution < 1.29 is 9.59 Å². The molecule has 22 heavy (non-hydrogen) atoms. The smallest absolute Gasteiger partial charge is 0.269 e. The lowest BCUT2D eigenvalue weighted by Gasteiger charge is -2.44. The number of carbonyl (C=O) groups is 2. The number of nitrogens with zero attached hydrogens (tertiary/aromatic N) is 3. The van der Waals surface area contributed by atoms with Gasteiger partial charge in [-0.3, -0.25) is 14.3 Å². The normalized spacial score (nSPS) is 26.7. The van der Waals surface area contributed by atoms with Crippen LogP contribution in [-0.4, -0.2) is 58.7 Å². The molecule has 0 radical (unpaired) electrons. The van der Waals surface area contributed by atoms with Crippen LogP contribution in [0.4, 0.5) is 0 Å². The van der Waals surface area contributed by atoms with Crippen molar-refractivity contribution >= 4 is 11.8 Å². The minimum Gasteiger partial charge on any atom is -0.352 e. The van der Waals surface area contributed by atoms with Crippen LogP contribution in [0.15, 0.2) is 12.3 Å². The highest BCUT2D eigenvalue weighted by Crippen LogP contribution is 2.27. The first-order chi connectivity index (χ1) is 10.6. The minimum absolute atomic E-state index is 0.0176. The Morgan fingerprint density at radius 3 is 2.73 bits per heavy atom. The number of nitrogens with one attached hydrogen (secondary N) is 2. The van der Waals surface area contributed by atoms with Crippen molar-refractivity contribution in [2.45, 2.75) is 25.3 Å². The number of carbonyl (C=O) groups excluding carboxylic acids is 2. The van der Waals surface area contributed by atoms with Crippen molar-refractivity contribution in [3.8, 4) is 0 Å². The molecule has 2 amide bonds. The van der Waals surface area contributed by atoms with Gasteiger partial charge in [-0.05, 0) is 37.9 Å². The van der Waals surface area contributed by atoms with Gasteiger partial charge in [0.15, 0.2) is 0 Å². The molecule has 3 fully saturated rings. The van der Waals surface area contributed by atoms with Crippen molar-refractivity contribution in [1.82, 2.24) is 25.3 Å². The molecule has 3 aliphatic rings. The minimum atomic E-state index is -0.198. The number of fused-ring (bicyclic) bond motifs is 3. The fraction of sp³-hybridized carbons (Fsp3) is 0.667. The summed E-state index contributed by atoms with van der Waals surface area (Å²) in [4.78, 5) is 26.3. The zero-order valence-corrected chi connectivity index (χ0v) is 12.9. The van der Waals surface area contributed by atoms with E-state index in [4.69, 9.17) is 0 Å². The standard InChI is InChI=1S/C15H23N5O2/c1-19-13(2-7-17-19)15(22)16-6-3-14(21)18-12-10-20-8-4-11(12)5-9-20/h2,7,11-12H,3-6,8-10H2,1H3,(H,16,22)(H,18,21). The summed E-state index contributed by atoms with van der Waals surface area (Å²) in [5.41, 5.74) is 0.498. The number of hydrogen-bond acceptors (Lipinski definition) is 4. The molecular weight excluding hydrogens is 282 g/mol. The molecule has 120 valence electrons. The third-order valence-electron chi connectivity index (χ3n) is 4.69. The van der Waals surface area contributed by atoms with E-state index in [-0.39, 0.29) is 17.9 Å². The monoisotopic (exact) mass is 305 g/mol.